The summed E-state index contributed by atoms with van der Waals surface area (Å²) in [5, 5.41) is 2.30. The lowest BCUT2D eigenvalue weighted by Gasteiger charge is -2.03. The van der Waals surface area contributed by atoms with Gasteiger partial charge in [-0.3, -0.25) is 10.1 Å². The van der Waals surface area contributed by atoms with Crippen molar-refractivity contribution in [2.24, 2.45) is 11.5 Å². The first-order chi connectivity index (χ1) is 10.9. The van der Waals surface area contributed by atoms with Gasteiger partial charge in [-0.25, -0.2) is 9.59 Å². The molecule has 0 saturated carbocycles. The first-order valence-electron chi connectivity index (χ1n) is 6.79. The first kappa shape index (κ1) is 16.1. The number of ether oxygens (including phenoxy) is 1. The zero-order valence-electron chi connectivity index (χ0n) is 12.4. The number of esters is 1. The van der Waals surface area contributed by atoms with Crippen LogP contribution >= 0.6 is 0 Å². The molecule has 1 heterocycles. The van der Waals surface area contributed by atoms with E-state index in [0.29, 0.717) is 23.4 Å². The third-order valence-corrected chi connectivity index (χ3v) is 3.04. The van der Waals surface area contributed by atoms with Gasteiger partial charge in [0.1, 0.15) is 5.82 Å². The van der Waals surface area contributed by atoms with Crippen molar-refractivity contribution in [1.29, 1.82) is 0 Å². The van der Waals surface area contributed by atoms with E-state index >= 15 is 0 Å². The Balaban J connectivity index is 2.33. The molecule has 6 N–H and O–H groups in total. The Hall–Kier alpha value is -3.29. The molecule has 0 aliphatic rings. The number of benzene rings is 1. The Morgan fingerprint density at radius 3 is 2.35 bits per heavy atom. The van der Waals surface area contributed by atoms with Gasteiger partial charge < -0.3 is 21.2 Å². The average Bonchev–Trinajstić information content (AvgIpc) is 2.91. The molecule has 0 bridgehead atoms. The van der Waals surface area contributed by atoms with E-state index in [1.165, 1.54) is 6.07 Å². The Labute approximate surface area is 131 Å². The van der Waals surface area contributed by atoms with Crippen molar-refractivity contribution in [3.63, 3.8) is 0 Å². The number of nitrogens with two attached hydrogens (primary N) is 2. The predicted molar refractivity (Wildman–Crippen MR) is 83.9 cm³/mol. The quantitative estimate of drug-likeness (QED) is 0.619. The van der Waals surface area contributed by atoms with E-state index in [1.54, 1.807) is 31.2 Å². The normalized spacial score (nSPS) is 10.1. The van der Waals surface area contributed by atoms with Crippen LogP contribution in [0.5, 0.6) is 0 Å². The Bertz CT molecular complexity index is 749. The molecule has 0 spiro atoms. The lowest BCUT2D eigenvalue weighted by molar-refractivity contribution is 0.0526. The monoisotopic (exact) mass is 316 g/mol. The number of carbonyl (C=O) groups is 3. The predicted octanol–water partition coefficient (Wildman–Crippen LogP) is 1.45. The molecule has 0 aliphatic heterocycles. The van der Waals surface area contributed by atoms with E-state index in [2.05, 4.69) is 10.3 Å². The summed E-state index contributed by atoms with van der Waals surface area (Å²) >= 11 is 0. The fourth-order valence-electron chi connectivity index (χ4n) is 2.03. The average molecular weight is 316 g/mol. The molecule has 1 aromatic carbocycles. The standard InChI is InChI=1S/C15H16N4O4/c1-2-23-14(21)9-5-3-8(4-6-9)11-7-10(12(16)20)13(18-11)19-15(17)22/h3-7,18H,2H2,1H3,(H2,16,20)(H3,17,19,22). The Morgan fingerprint density at radius 1 is 1.17 bits per heavy atom. The third kappa shape index (κ3) is 3.67. The van der Waals surface area contributed by atoms with Crippen LogP contribution in [0, 0.1) is 0 Å². The molecule has 2 rings (SSSR count). The minimum absolute atomic E-state index is 0.105. The van der Waals surface area contributed by atoms with Crippen molar-refractivity contribution in [1.82, 2.24) is 4.98 Å². The van der Waals surface area contributed by atoms with Crippen LogP contribution < -0.4 is 16.8 Å². The molecule has 23 heavy (non-hydrogen) atoms. The lowest BCUT2D eigenvalue weighted by atomic mass is 10.1. The molecule has 1 aromatic heterocycles. The Morgan fingerprint density at radius 2 is 1.83 bits per heavy atom. The maximum Gasteiger partial charge on any atom is 0.338 e. The van der Waals surface area contributed by atoms with Crippen molar-refractivity contribution in [3.05, 3.63) is 41.5 Å². The molecule has 3 amide bonds. The van der Waals surface area contributed by atoms with Crippen molar-refractivity contribution >= 4 is 23.7 Å². The number of amides is 3. The van der Waals surface area contributed by atoms with E-state index < -0.39 is 17.9 Å². The topological polar surface area (TPSA) is 140 Å². The maximum absolute atomic E-state index is 11.6. The molecular formula is C15H16N4O4. The highest BCUT2D eigenvalue weighted by Crippen LogP contribution is 2.25. The second-order valence-corrected chi connectivity index (χ2v) is 4.62. The van der Waals surface area contributed by atoms with Crippen LogP contribution in [0.4, 0.5) is 10.6 Å². The molecule has 8 heteroatoms. The Kier molecular flexibility index (Phi) is 4.65. The van der Waals surface area contributed by atoms with Gasteiger partial charge in [-0.2, -0.15) is 0 Å². The van der Waals surface area contributed by atoms with Crippen molar-refractivity contribution in [2.75, 3.05) is 11.9 Å². The number of aromatic amines is 1. The lowest BCUT2D eigenvalue weighted by Crippen LogP contribution is -2.22. The largest absolute Gasteiger partial charge is 0.462 e. The van der Waals surface area contributed by atoms with Crippen LogP contribution in [-0.2, 0) is 4.74 Å². The van der Waals surface area contributed by atoms with E-state index in [9.17, 15) is 14.4 Å². The van der Waals surface area contributed by atoms with Gasteiger partial charge in [0.2, 0.25) is 0 Å². The molecule has 8 nitrogen and oxygen atoms in total. The highest BCUT2D eigenvalue weighted by Gasteiger charge is 2.15. The van der Waals surface area contributed by atoms with Gasteiger partial charge in [0.15, 0.2) is 0 Å². The fraction of sp³-hybridized carbons (Fsp3) is 0.133. The van der Waals surface area contributed by atoms with Gasteiger partial charge in [-0.15, -0.1) is 0 Å². The number of aromatic nitrogens is 1. The molecule has 2 aromatic rings. The number of nitrogens with one attached hydrogen (secondary N) is 2. The summed E-state index contributed by atoms with van der Waals surface area (Å²) in [6.07, 6.45) is 0. The van der Waals surface area contributed by atoms with Crippen LogP contribution in [-0.4, -0.2) is 29.5 Å². The second-order valence-electron chi connectivity index (χ2n) is 4.62. The van der Waals surface area contributed by atoms with E-state index in [-0.39, 0.29) is 11.4 Å². The highest BCUT2D eigenvalue weighted by molar-refractivity contribution is 6.03. The van der Waals surface area contributed by atoms with Gasteiger partial charge in [0.05, 0.1) is 17.7 Å². The van der Waals surface area contributed by atoms with Gasteiger partial charge in [-0.05, 0) is 30.7 Å². The molecule has 0 aliphatic carbocycles. The van der Waals surface area contributed by atoms with Crippen LogP contribution in [0.3, 0.4) is 0 Å². The van der Waals surface area contributed by atoms with Gasteiger partial charge >= 0.3 is 12.0 Å². The zero-order valence-corrected chi connectivity index (χ0v) is 12.4. The number of hydrogen-bond acceptors (Lipinski definition) is 4. The summed E-state index contributed by atoms with van der Waals surface area (Å²) < 4.78 is 4.90. The maximum atomic E-state index is 11.6. The van der Waals surface area contributed by atoms with Crippen molar-refractivity contribution in [3.8, 4) is 11.3 Å². The number of urea groups is 1. The number of anilines is 1. The summed E-state index contributed by atoms with van der Waals surface area (Å²) in [4.78, 5) is 36.8. The number of H-pyrrole nitrogens is 1. The summed E-state index contributed by atoms with van der Waals surface area (Å²) in [6.45, 7) is 2.02. The smallest absolute Gasteiger partial charge is 0.338 e. The number of primary amides is 2. The minimum atomic E-state index is -0.821. The molecule has 120 valence electrons. The van der Waals surface area contributed by atoms with Gasteiger partial charge in [0, 0.05) is 5.69 Å². The number of carbonyl (C=O) groups excluding carboxylic acids is 3. The second kappa shape index (κ2) is 6.65. The van der Waals surface area contributed by atoms with Crippen LogP contribution in [0.25, 0.3) is 11.3 Å². The number of rotatable bonds is 5. The minimum Gasteiger partial charge on any atom is -0.462 e. The summed E-state index contributed by atoms with van der Waals surface area (Å²) in [5.74, 6) is -1.01. The first-order valence-corrected chi connectivity index (χ1v) is 6.79. The van der Waals surface area contributed by atoms with Crippen molar-refractivity contribution in [2.45, 2.75) is 6.92 Å². The summed E-state index contributed by atoms with van der Waals surface area (Å²) in [6, 6.07) is 7.22. The van der Waals surface area contributed by atoms with Crippen LogP contribution in [0.1, 0.15) is 27.6 Å². The van der Waals surface area contributed by atoms with Crippen molar-refractivity contribution < 1.29 is 19.1 Å². The highest BCUT2D eigenvalue weighted by atomic mass is 16.5. The molecule has 0 unspecified atom stereocenters. The molecule has 0 radical (unpaired) electrons. The van der Waals surface area contributed by atoms with E-state index in [4.69, 9.17) is 16.2 Å². The van der Waals surface area contributed by atoms with E-state index in [1.807, 2.05) is 0 Å². The van der Waals surface area contributed by atoms with E-state index in [0.717, 1.165) is 0 Å². The summed E-state index contributed by atoms with van der Waals surface area (Å²) in [7, 11) is 0. The van der Waals surface area contributed by atoms with Gasteiger partial charge in [0.25, 0.3) is 5.91 Å². The number of hydrogen-bond donors (Lipinski definition) is 4. The zero-order chi connectivity index (χ0) is 17.0. The molecule has 0 saturated heterocycles. The SMILES string of the molecule is CCOC(=O)c1ccc(-c2cc(C(N)=O)c(NC(N)=O)[nH]2)cc1. The third-order valence-electron chi connectivity index (χ3n) is 3.04. The molecular weight excluding hydrogens is 300 g/mol. The van der Waals surface area contributed by atoms with Crippen LogP contribution in [0.15, 0.2) is 30.3 Å². The molecule has 0 fully saturated rings. The summed E-state index contributed by atoms with van der Waals surface area (Å²) in [5.41, 5.74) is 12.1. The fourth-order valence-corrected chi connectivity index (χ4v) is 2.03. The van der Waals surface area contributed by atoms with Gasteiger partial charge in [-0.1, -0.05) is 12.1 Å². The van der Waals surface area contributed by atoms with Crippen LogP contribution in [0.2, 0.25) is 0 Å². The molecule has 0 atom stereocenters.